The third kappa shape index (κ3) is 3.73. The van der Waals surface area contributed by atoms with Crippen LogP contribution in [0.25, 0.3) is 0 Å². The van der Waals surface area contributed by atoms with Gasteiger partial charge in [0.05, 0.1) is 18.6 Å². The quantitative estimate of drug-likeness (QED) is 0.804. The predicted molar refractivity (Wildman–Crippen MR) is 70.7 cm³/mol. The van der Waals surface area contributed by atoms with Gasteiger partial charge in [-0.05, 0) is 31.5 Å². The Morgan fingerprint density at radius 1 is 1.39 bits per heavy atom. The average Bonchev–Trinajstić information content (AvgIpc) is 2.28. The largest absolute Gasteiger partial charge is 0.495 e. The number of Topliss-reactive ketones (excluding diaryl/α,β-unsaturated/α-hetero) is 1. The second-order valence-electron chi connectivity index (χ2n) is 3.89. The molecule has 18 heavy (non-hydrogen) atoms. The van der Waals surface area contributed by atoms with E-state index in [-0.39, 0.29) is 11.5 Å². The predicted octanol–water partition coefficient (Wildman–Crippen LogP) is 2.05. The van der Waals surface area contributed by atoms with Gasteiger partial charge >= 0.3 is 0 Å². The molecule has 100 valence electrons. The van der Waals surface area contributed by atoms with E-state index in [1.807, 2.05) is 0 Å². The highest BCUT2D eigenvalue weighted by Gasteiger charge is 2.14. The highest BCUT2D eigenvalue weighted by atomic mass is 32.2. The van der Waals surface area contributed by atoms with E-state index in [9.17, 15) is 13.2 Å². The van der Waals surface area contributed by atoms with Gasteiger partial charge in [-0.15, -0.1) is 0 Å². The van der Waals surface area contributed by atoms with Crippen molar-refractivity contribution in [1.82, 2.24) is 0 Å². The minimum atomic E-state index is -3.40. The summed E-state index contributed by atoms with van der Waals surface area (Å²) in [6.07, 6.45) is 0.518. The van der Waals surface area contributed by atoms with Crippen LogP contribution < -0.4 is 9.46 Å². The summed E-state index contributed by atoms with van der Waals surface area (Å²) in [5, 5.41) is 0. The SMILES string of the molecule is CCCS(=O)(=O)Nc1cc(C(C)=O)ccc1OC. The smallest absolute Gasteiger partial charge is 0.232 e. The van der Waals surface area contributed by atoms with Crippen molar-refractivity contribution in [3.8, 4) is 5.75 Å². The van der Waals surface area contributed by atoms with E-state index < -0.39 is 10.0 Å². The van der Waals surface area contributed by atoms with Crippen molar-refractivity contribution in [3.05, 3.63) is 23.8 Å². The Balaban J connectivity index is 3.13. The van der Waals surface area contributed by atoms with Crippen molar-refractivity contribution in [1.29, 1.82) is 0 Å². The van der Waals surface area contributed by atoms with Gasteiger partial charge in [0.25, 0.3) is 0 Å². The Hall–Kier alpha value is -1.56. The standard InChI is InChI=1S/C12H17NO4S/c1-4-7-18(15,16)13-11-8-10(9(2)14)5-6-12(11)17-3/h5-6,8,13H,4,7H2,1-3H3. The van der Waals surface area contributed by atoms with Crippen LogP contribution >= 0.6 is 0 Å². The topological polar surface area (TPSA) is 72.5 Å². The summed E-state index contributed by atoms with van der Waals surface area (Å²) < 4.78 is 30.9. The fourth-order valence-corrected chi connectivity index (χ4v) is 2.63. The van der Waals surface area contributed by atoms with E-state index in [1.165, 1.54) is 20.1 Å². The van der Waals surface area contributed by atoms with E-state index in [4.69, 9.17) is 4.74 Å². The second kappa shape index (κ2) is 5.86. The molecule has 0 atom stereocenters. The molecule has 5 nitrogen and oxygen atoms in total. The number of carbonyl (C=O) groups excluding carboxylic acids is 1. The van der Waals surface area contributed by atoms with Gasteiger partial charge < -0.3 is 4.74 Å². The zero-order valence-corrected chi connectivity index (χ0v) is 11.5. The zero-order valence-electron chi connectivity index (χ0n) is 10.7. The lowest BCUT2D eigenvalue weighted by Gasteiger charge is -2.12. The van der Waals surface area contributed by atoms with Crippen LogP contribution in [0, 0.1) is 0 Å². The molecular weight excluding hydrogens is 254 g/mol. The maximum atomic E-state index is 11.7. The van der Waals surface area contributed by atoms with Crippen LogP contribution in [0.2, 0.25) is 0 Å². The fourth-order valence-electron chi connectivity index (χ4n) is 1.49. The van der Waals surface area contributed by atoms with E-state index in [1.54, 1.807) is 19.1 Å². The highest BCUT2D eigenvalue weighted by Crippen LogP contribution is 2.26. The Kier molecular flexibility index (Phi) is 4.72. The van der Waals surface area contributed by atoms with E-state index in [0.717, 1.165) is 0 Å². The molecule has 1 aromatic rings. The molecule has 0 spiro atoms. The fraction of sp³-hybridized carbons (Fsp3) is 0.417. The Labute approximate surface area is 107 Å². The van der Waals surface area contributed by atoms with Crippen molar-refractivity contribution in [2.45, 2.75) is 20.3 Å². The molecule has 0 heterocycles. The van der Waals surface area contributed by atoms with Crippen LogP contribution in [-0.4, -0.2) is 27.1 Å². The first-order chi connectivity index (χ1) is 8.39. The van der Waals surface area contributed by atoms with Gasteiger partial charge in [0, 0.05) is 5.56 Å². The number of sulfonamides is 1. The summed E-state index contributed by atoms with van der Waals surface area (Å²) >= 11 is 0. The summed E-state index contributed by atoms with van der Waals surface area (Å²) in [5.41, 5.74) is 0.726. The molecular formula is C12H17NO4S. The molecule has 6 heteroatoms. The number of ketones is 1. The number of hydrogen-bond acceptors (Lipinski definition) is 4. The molecule has 1 aromatic carbocycles. The number of benzene rings is 1. The number of ether oxygens (including phenoxy) is 1. The lowest BCUT2D eigenvalue weighted by atomic mass is 10.1. The minimum Gasteiger partial charge on any atom is -0.495 e. The molecule has 0 aliphatic carbocycles. The lowest BCUT2D eigenvalue weighted by Crippen LogP contribution is -2.17. The van der Waals surface area contributed by atoms with Crippen LogP contribution in [0.4, 0.5) is 5.69 Å². The highest BCUT2D eigenvalue weighted by molar-refractivity contribution is 7.92. The summed E-state index contributed by atoms with van der Waals surface area (Å²) in [5.74, 6) is 0.286. The molecule has 1 N–H and O–H groups in total. The van der Waals surface area contributed by atoms with Crippen LogP contribution in [0.3, 0.4) is 0 Å². The third-order valence-electron chi connectivity index (χ3n) is 2.34. The molecule has 0 saturated heterocycles. The maximum absolute atomic E-state index is 11.7. The molecule has 0 aliphatic heterocycles. The number of anilines is 1. The average molecular weight is 271 g/mol. The monoisotopic (exact) mass is 271 g/mol. The Morgan fingerprint density at radius 3 is 2.56 bits per heavy atom. The van der Waals surface area contributed by atoms with Gasteiger partial charge in [-0.1, -0.05) is 6.92 Å². The maximum Gasteiger partial charge on any atom is 0.232 e. The Bertz CT molecular complexity index is 537. The molecule has 1 rings (SSSR count). The van der Waals surface area contributed by atoms with E-state index in [0.29, 0.717) is 23.4 Å². The second-order valence-corrected chi connectivity index (χ2v) is 5.73. The molecule has 0 unspecified atom stereocenters. The van der Waals surface area contributed by atoms with Crippen LogP contribution in [0.15, 0.2) is 18.2 Å². The Morgan fingerprint density at radius 2 is 2.06 bits per heavy atom. The summed E-state index contributed by atoms with van der Waals surface area (Å²) in [4.78, 5) is 11.3. The molecule has 0 aliphatic rings. The number of methoxy groups -OCH3 is 1. The molecule has 0 radical (unpaired) electrons. The van der Waals surface area contributed by atoms with Gasteiger partial charge in [0.2, 0.25) is 10.0 Å². The molecule has 0 bridgehead atoms. The van der Waals surface area contributed by atoms with Gasteiger partial charge in [-0.2, -0.15) is 0 Å². The normalized spacial score (nSPS) is 11.1. The first-order valence-corrected chi connectivity index (χ1v) is 7.24. The number of hydrogen-bond donors (Lipinski definition) is 1. The van der Waals surface area contributed by atoms with Crippen molar-refractivity contribution >= 4 is 21.5 Å². The summed E-state index contributed by atoms with van der Waals surface area (Å²) in [7, 11) is -1.96. The number of rotatable bonds is 6. The number of nitrogens with one attached hydrogen (secondary N) is 1. The van der Waals surface area contributed by atoms with Crippen molar-refractivity contribution in [2.24, 2.45) is 0 Å². The summed E-state index contributed by atoms with van der Waals surface area (Å²) in [6.45, 7) is 3.20. The molecule has 0 fully saturated rings. The lowest BCUT2D eigenvalue weighted by molar-refractivity contribution is 0.101. The van der Waals surface area contributed by atoms with Gasteiger partial charge in [0.1, 0.15) is 5.75 Å². The summed E-state index contributed by atoms with van der Waals surface area (Å²) in [6, 6.07) is 4.65. The molecule has 0 amide bonds. The van der Waals surface area contributed by atoms with Crippen molar-refractivity contribution < 1.29 is 17.9 Å². The molecule has 0 aromatic heterocycles. The van der Waals surface area contributed by atoms with Gasteiger partial charge in [-0.25, -0.2) is 8.42 Å². The van der Waals surface area contributed by atoms with Crippen LogP contribution in [0.1, 0.15) is 30.6 Å². The van der Waals surface area contributed by atoms with Crippen molar-refractivity contribution in [3.63, 3.8) is 0 Å². The van der Waals surface area contributed by atoms with E-state index in [2.05, 4.69) is 4.72 Å². The first-order valence-electron chi connectivity index (χ1n) is 5.59. The zero-order chi connectivity index (χ0) is 13.8. The third-order valence-corrected chi connectivity index (χ3v) is 3.82. The van der Waals surface area contributed by atoms with E-state index >= 15 is 0 Å². The van der Waals surface area contributed by atoms with Gasteiger partial charge in [-0.3, -0.25) is 9.52 Å². The van der Waals surface area contributed by atoms with Crippen LogP contribution in [-0.2, 0) is 10.0 Å². The number of carbonyl (C=O) groups is 1. The minimum absolute atomic E-state index is 0.0282. The first kappa shape index (κ1) is 14.5. The van der Waals surface area contributed by atoms with Gasteiger partial charge in [0.15, 0.2) is 5.78 Å². The van der Waals surface area contributed by atoms with Crippen LogP contribution in [0.5, 0.6) is 5.75 Å². The molecule has 0 saturated carbocycles. The van der Waals surface area contributed by atoms with Crippen molar-refractivity contribution in [2.75, 3.05) is 17.6 Å².